The highest BCUT2D eigenvalue weighted by Crippen LogP contribution is 2.26. The van der Waals surface area contributed by atoms with Crippen molar-refractivity contribution < 1.29 is 4.74 Å². The Bertz CT molecular complexity index is 722. The summed E-state index contributed by atoms with van der Waals surface area (Å²) in [5.41, 5.74) is 4.18. The van der Waals surface area contributed by atoms with Gasteiger partial charge in [0.05, 0.1) is 6.20 Å². The van der Waals surface area contributed by atoms with Crippen LogP contribution in [0.1, 0.15) is 5.56 Å². The van der Waals surface area contributed by atoms with E-state index in [-0.39, 0.29) is 0 Å². The number of fused-ring (bicyclic) bond motifs is 1. The second kappa shape index (κ2) is 4.58. The first kappa shape index (κ1) is 11.5. The van der Waals surface area contributed by atoms with Crippen molar-refractivity contribution in [3.63, 3.8) is 0 Å². The van der Waals surface area contributed by atoms with Gasteiger partial charge in [-0.05, 0) is 18.6 Å². The lowest BCUT2D eigenvalue weighted by Gasteiger charge is -2.10. The first-order chi connectivity index (χ1) is 9.28. The van der Waals surface area contributed by atoms with Crippen molar-refractivity contribution in [3.05, 3.63) is 48.4 Å². The molecular weight excluding hydrogens is 242 g/mol. The molecule has 2 heterocycles. The van der Waals surface area contributed by atoms with E-state index < -0.39 is 0 Å². The van der Waals surface area contributed by atoms with Gasteiger partial charge in [-0.25, -0.2) is 10.8 Å². The third-order valence-corrected chi connectivity index (χ3v) is 2.79. The molecular formula is C13H13N5O. The summed E-state index contributed by atoms with van der Waals surface area (Å²) in [6.45, 7) is 1.98. The molecule has 2 aromatic heterocycles. The molecule has 0 bridgehead atoms. The summed E-state index contributed by atoms with van der Waals surface area (Å²) < 4.78 is 7.63. The maximum Gasteiger partial charge on any atom is 0.265 e. The van der Waals surface area contributed by atoms with Crippen molar-refractivity contribution in [3.8, 4) is 11.6 Å². The van der Waals surface area contributed by atoms with E-state index in [1.807, 2.05) is 37.4 Å². The lowest BCUT2D eigenvalue weighted by Crippen LogP contribution is -2.10. The van der Waals surface area contributed by atoms with Gasteiger partial charge < -0.3 is 10.2 Å². The first-order valence-corrected chi connectivity index (χ1v) is 5.82. The maximum atomic E-state index is 5.83. The van der Waals surface area contributed by atoms with Gasteiger partial charge >= 0.3 is 0 Å². The van der Waals surface area contributed by atoms with Gasteiger partial charge in [0.1, 0.15) is 5.75 Å². The minimum Gasteiger partial charge on any atom is -0.436 e. The Kier molecular flexibility index (Phi) is 2.77. The molecule has 0 atom stereocenters. The summed E-state index contributed by atoms with van der Waals surface area (Å²) in [6.07, 6.45) is 5.23. The molecule has 0 aliphatic heterocycles. The highest BCUT2D eigenvalue weighted by molar-refractivity contribution is 5.55. The Labute approximate surface area is 109 Å². The summed E-state index contributed by atoms with van der Waals surface area (Å²) in [5.74, 6) is 7.06. The Hall–Kier alpha value is -2.60. The third kappa shape index (κ3) is 2.09. The molecule has 96 valence electrons. The fraction of sp³-hybridized carbons (Fsp3) is 0.0769. The first-order valence-electron chi connectivity index (χ1n) is 5.82. The number of hydrogen-bond acceptors (Lipinski definition) is 5. The molecule has 3 rings (SSSR count). The number of benzene rings is 1. The number of hydrogen-bond donors (Lipinski definition) is 2. The second-order valence-corrected chi connectivity index (χ2v) is 4.10. The molecule has 19 heavy (non-hydrogen) atoms. The Morgan fingerprint density at radius 2 is 2.16 bits per heavy atom. The van der Waals surface area contributed by atoms with E-state index in [9.17, 15) is 0 Å². The molecule has 0 aliphatic rings. The average molecular weight is 255 g/mol. The van der Waals surface area contributed by atoms with E-state index in [4.69, 9.17) is 10.6 Å². The number of imidazole rings is 1. The molecule has 6 heteroatoms. The van der Waals surface area contributed by atoms with Gasteiger partial charge in [-0.15, -0.1) is 0 Å². The van der Waals surface area contributed by atoms with Crippen LogP contribution in [0.3, 0.4) is 0 Å². The Morgan fingerprint density at radius 3 is 2.95 bits per heavy atom. The number of nitrogen functional groups attached to an aromatic ring is 1. The average Bonchev–Trinajstić information content (AvgIpc) is 2.89. The van der Waals surface area contributed by atoms with Gasteiger partial charge in [0.25, 0.3) is 5.88 Å². The summed E-state index contributed by atoms with van der Waals surface area (Å²) in [7, 11) is 0. The number of nitrogens with zero attached hydrogens (tertiary/aromatic N) is 3. The van der Waals surface area contributed by atoms with Crippen LogP contribution in [0.5, 0.6) is 11.6 Å². The molecule has 0 radical (unpaired) electrons. The monoisotopic (exact) mass is 255 g/mol. The van der Waals surface area contributed by atoms with Crippen molar-refractivity contribution in [2.75, 3.05) is 5.43 Å². The number of rotatable bonds is 3. The van der Waals surface area contributed by atoms with E-state index in [1.54, 1.807) is 16.8 Å². The van der Waals surface area contributed by atoms with Crippen LogP contribution in [0.25, 0.3) is 5.65 Å². The van der Waals surface area contributed by atoms with E-state index in [1.165, 1.54) is 0 Å². The van der Waals surface area contributed by atoms with Gasteiger partial charge in [0.2, 0.25) is 5.65 Å². The quantitative estimate of drug-likeness (QED) is 0.553. The number of anilines is 1. The smallest absolute Gasteiger partial charge is 0.265 e. The number of nitrogens with one attached hydrogen (secondary N) is 1. The predicted molar refractivity (Wildman–Crippen MR) is 72.1 cm³/mol. The standard InChI is InChI=1S/C13H13N5O/c1-9-4-2-3-5-10(9)19-13-12-15-6-7-18(12)8-11(16-13)17-14/h2-8,17H,14H2,1H3. The van der Waals surface area contributed by atoms with Gasteiger partial charge in [-0.1, -0.05) is 18.2 Å². The van der Waals surface area contributed by atoms with Crippen LogP contribution in [-0.4, -0.2) is 14.4 Å². The summed E-state index contributed by atoms with van der Waals surface area (Å²) in [5, 5.41) is 0. The minimum atomic E-state index is 0.412. The van der Waals surface area contributed by atoms with Crippen molar-refractivity contribution >= 4 is 11.5 Å². The van der Waals surface area contributed by atoms with Crippen molar-refractivity contribution in [1.29, 1.82) is 0 Å². The largest absolute Gasteiger partial charge is 0.436 e. The zero-order chi connectivity index (χ0) is 13.2. The number of para-hydroxylation sites is 1. The van der Waals surface area contributed by atoms with Crippen molar-refractivity contribution in [2.45, 2.75) is 6.92 Å². The molecule has 6 nitrogen and oxygen atoms in total. The van der Waals surface area contributed by atoms with E-state index >= 15 is 0 Å². The van der Waals surface area contributed by atoms with Crippen LogP contribution in [-0.2, 0) is 0 Å². The minimum absolute atomic E-state index is 0.412. The normalized spacial score (nSPS) is 10.6. The molecule has 0 saturated heterocycles. The molecule has 3 aromatic rings. The predicted octanol–water partition coefficient (Wildman–Crippen LogP) is 2.12. The molecule has 0 amide bonds. The van der Waals surface area contributed by atoms with Crippen LogP contribution in [0, 0.1) is 6.92 Å². The SMILES string of the molecule is Cc1ccccc1Oc1nc(NN)cn2ccnc12. The molecule has 1 aromatic carbocycles. The zero-order valence-electron chi connectivity index (χ0n) is 10.4. The molecule has 0 spiro atoms. The fourth-order valence-electron chi connectivity index (χ4n) is 1.82. The lowest BCUT2D eigenvalue weighted by molar-refractivity contribution is 0.462. The molecule has 0 aliphatic carbocycles. The van der Waals surface area contributed by atoms with E-state index in [0.717, 1.165) is 11.3 Å². The molecule has 0 fully saturated rings. The zero-order valence-corrected chi connectivity index (χ0v) is 10.4. The third-order valence-electron chi connectivity index (χ3n) is 2.79. The molecule has 0 unspecified atom stereocenters. The Morgan fingerprint density at radius 1 is 1.32 bits per heavy atom. The van der Waals surface area contributed by atoms with Crippen molar-refractivity contribution in [2.24, 2.45) is 5.84 Å². The molecule has 0 saturated carbocycles. The topological polar surface area (TPSA) is 77.5 Å². The summed E-state index contributed by atoms with van der Waals surface area (Å²) in [6, 6.07) is 7.73. The lowest BCUT2D eigenvalue weighted by atomic mass is 10.2. The van der Waals surface area contributed by atoms with Gasteiger partial charge in [0, 0.05) is 12.4 Å². The number of ether oxygens (including phenoxy) is 1. The van der Waals surface area contributed by atoms with Crippen LogP contribution >= 0.6 is 0 Å². The Balaban J connectivity index is 2.09. The second-order valence-electron chi connectivity index (χ2n) is 4.10. The van der Waals surface area contributed by atoms with Gasteiger partial charge in [-0.3, -0.25) is 4.40 Å². The van der Waals surface area contributed by atoms with Crippen LogP contribution in [0.2, 0.25) is 0 Å². The van der Waals surface area contributed by atoms with Crippen LogP contribution < -0.4 is 16.0 Å². The summed E-state index contributed by atoms with van der Waals surface area (Å²) >= 11 is 0. The van der Waals surface area contributed by atoms with E-state index in [0.29, 0.717) is 17.3 Å². The molecule has 3 N–H and O–H groups in total. The highest BCUT2D eigenvalue weighted by Gasteiger charge is 2.10. The number of hydrazine groups is 1. The van der Waals surface area contributed by atoms with Gasteiger partial charge in [-0.2, -0.15) is 4.98 Å². The summed E-state index contributed by atoms with van der Waals surface area (Å²) in [4.78, 5) is 8.51. The maximum absolute atomic E-state index is 5.83. The van der Waals surface area contributed by atoms with E-state index in [2.05, 4.69) is 15.4 Å². The van der Waals surface area contributed by atoms with Crippen LogP contribution in [0.4, 0.5) is 5.82 Å². The number of aromatic nitrogens is 3. The van der Waals surface area contributed by atoms with Crippen LogP contribution in [0.15, 0.2) is 42.9 Å². The van der Waals surface area contributed by atoms with Gasteiger partial charge in [0.15, 0.2) is 5.82 Å². The number of aryl methyl sites for hydroxylation is 1. The fourth-order valence-corrected chi connectivity index (χ4v) is 1.82. The van der Waals surface area contributed by atoms with Crippen molar-refractivity contribution in [1.82, 2.24) is 14.4 Å². The highest BCUT2D eigenvalue weighted by atomic mass is 16.5. The number of nitrogens with two attached hydrogens (primary N) is 1.